The fourth-order valence-electron chi connectivity index (χ4n) is 2.99. The minimum atomic E-state index is -0.909. The number of carbonyl (C=O) groups excluding carboxylic acids is 1. The molecule has 0 radical (unpaired) electrons. The van der Waals surface area contributed by atoms with Gasteiger partial charge in [-0.05, 0) is 55.8 Å². The molecule has 2 aromatic carbocycles. The number of para-hydroxylation sites is 1. The third kappa shape index (κ3) is 3.84. The third-order valence-corrected chi connectivity index (χ3v) is 4.33. The van der Waals surface area contributed by atoms with Crippen LogP contribution < -0.4 is 5.32 Å². The van der Waals surface area contributed by atoms with Gasteiger partial charge in [-0.25, -0.2) is 8.78 Å². The quantitative estimate of drug-likeness (QED) is 0.518. The summed E-state index contributed by atoms with van der Waals surface area (Å²) in [5.41, 5.74) is 3.09. The van der Waals surface area contributed by atoms with Gasteiger partial charge in [-0.15, -0.1) is 0 Å². The number of hydrogen-bond donors (Lipinski definition) is 1. The molecule has 0 saturated heterocycles. The first-order chi connectivity index (χ1) is 13.4. The molecule has 28 heavy (non-hydrogen) atoms. The predicted molar refractivity (Wildman–Crippen MR) is 104 cm³/mol. The molecule has 0 aliphatic heterocycles. The van der Waals surface area contributed by atoms with Crippen LogP contribution in [0, 0.1) is 36.8 Å². The van der Waals surface area contributed by atoms with E-state index in [2.05, 4.69) is 5.32 Å². The summed E-state index contributed by atoms with van der Waals surface area (Å²) in [6.45, 7) is 3.82. The van der Waals surface area contributed by atoms with Crippen molar-refractivity contribution in [2.75, 3.05) is 5.32 Å². The molecule has 0 bridgehead atoms. The van der Waals surface area contributed by atoms with E-state index in [1.807, 2.05) is 60.9 Å². The zero-order valence-electron chi connectivity index (χ0n) is 15.3. The molecule has 140 valence electrons. The van der Waals surface area contributed by atoms with E-state index >= 15 is 0 Å². The summed E-state index contributed by atoms with van der Waals surface area (Å²) in [6, 6.07) is 16.2. The largest absolute Gasteiger partial charge is 0.319 e. The lowest BCUT2D eigenvalue weighted by molar-refractivity contribution is -0.112. The van der Waals surface area contributed by atoms with Crippen LogP contribution in [0.2, 0.25) is 0 Å². The highest BCUT2D eigenvalue weighted by Crippen LogP contribution is 2.23. The van der Waals surface area contributed by atoms with E-state index in [1.165, 1.54) is 6.08 Å². The number of halogens is 2. The van der Waals surface area contributed by atoms with Crippen LogP contribution in [0.4, 0.5) is 14.5 Å². The normalized spacial score (nSPS) is 11.2. The molecule has 0 spiro atoms. The van der Waals surface area contributed by atoms with Gasteiger partial charge in [0.1, 0.15) is 23.3 Å². The minimum Gasteiger partial charge on any atom is -0.319 e. The number of rotatable bonds is 4. The second-order valence-corrected chi connectivity index (χ2v) is 6.25. The van der Waals surface area contributed by atoms with Crippen LogP contribution in [0.5, 0.6) is 0 Å². The van der Waals surface area contributed by atoms with E-state index in [1.54, 1.807) is 0 Å². The van der Waals surface area contributed by atoms with Crippen molar-refractivity contribution >= 4 is 17.7 Å². The molecule has 6 heteroatoms. The van der Waals surface area contributed by atoms with Gasteiger partial charge < -0.3 is 9.88 Å². The van der Waals surface area contributed by atoms with Crippen LogP contribution in [0.3, 0.4) is 0 Å². The summed E-state index contributed by atoms with van der Waals surface area (Å²) in [5.74, 6) is -2.43. The van der Waals surface area contributed by atoms with Crippen molar-refractivity contribution in [1.29, 1.82) is 5.26 Å². The summed E-state index contributed by atoms with van der Waals surface area (Å²) >= 11 is 0. The summed E-state index contributed by atoms with van der Waals surface area (Å²) in [6.07, 6.45) is 1.46. The van der Waals surface area contributed by atoms with E-state index < -0.39 is 17.5 Å². The van der Waals surface area contributed by atoms with E-state index in [0.29, 0.717) is 11.6 Å². The van der Waals surface area contributed by atoms with Crippen molar-refractivity contribution in [3.05, 3.63) is 88.8 Å². The van der Waals surface area contributed by atoms with Crippen LogP contribution in [0.25, 0.3) is 11.8 Å². The van der Waals surface area contributed by atoms with Crippen LogP contribution in [0.15, 0.2) is 60.2 Å². The zero-order chi connectivity index (χ0) is 20.3. The molecule has 1 amide bonds. The van der Waals surface area contributed by atoms with Crippen LogP contribution in [0.1, 0.15) is 17.0 Å². The SMILES string of the molecule is Cc1cc(/C=C(\C#N)C(=O)Nc2ccc(F)cc2F)c(C)n1-c1ccccc1. The number of amides is 1. The highest BCUT2D eigenvalue weighted by atomic mass is 19.1. The number of aryl methyl sites for hydroxylation is 1. The van der Waals surface area contributed by atoms with Crippen molar-refractivity contribution < 1.29 is 13.6 Å². The summed E-state index contributed by atoms with van der Waals surface area (Å²) in [7, 11) is 0. The standard InChI is InChI=1S/C22H17F2N3O/c1-14-10-16(15(2)27(14)19-6-4-3-5-7-19)11-17(13-25)22(28)26-21-9-8-18(23)12-20(21)24/h3-12H,1-2H3,(H,26,28)/b17-11+. The fourth-order valence-corrected chi connectivity index (χ4v) is 2.99. The van der Waals surface area contributed by atoms with Gasteiger partial charge in [0, 0.05) is 23.1 Å². The maximum absolute atomic E-state index is 13.8. The number of nitriles is 1. The van der Waals surface area contributed by atoms with Crippen molar-refractivity contribution in [1.82, 2.24) is 4.57 Å². The summed E-state index contributed by atoms with van der Waals surface area (Å²) < 4.78 is 28.8. The molecule has 0 atom stereocenters. The van der Waals surface area contributed by atoms with E-state index in [9.17, 15) is 18.8 Å². The van der Waals surface area contributed by atoms with Crippen LogP contribution >= 0.6 is 0 Å². The van der Waals surface area contributed by atoms with Gasteiger partial charge in [0.05, 0.1) is 5.69 Å². The van der Waals surface area contributed by atoms with Crippen molar-refractivity contribution in [2.45, 2.75) is 13.8 Å². The summed E-state index contributed by atoms with van der Waals surface area (Å²) in [4.78, 5) is 12.4. The van der Waals surface area contributed by atoms with Gasteiger partial charge in [-0.2, -0.15) is 5.26 Å². The Morgan fingerprint density at radius 1 is 1.11 bits per heavy atom. The number of benzene rings is 2. The van der Waals surface area contributed by atoms with Crippen molar-refractivity contribution in [2.24, 2.45) is 0 Å². The van der Waals surface area contributed by atoms with Gasteiger partial charge >= 0.3 is 0 Å². The van der Waals surface area contributed by atoms with E-state index in [0.717, 1.165) is 29.2 Å². The Labute approximate surface area is 161 Å². The van der Waals surface area contributed by atoms with Crippen molar-refractivity contribution in [3.63, 3.8) is 0 Å². The van der Waals surface area contributed by atoms with Gasteiger partial charge in [0.2, 0.25) is 0 Å². The lowest BCUT2D eigenvalue weighted by atomic mass is 10.1. The number of nitrogens with one attached hydrogen (secondary N) is 1. The molecule has 1 N–H and O–H groups in total. The molecule has 3 rings (SSSR count). The lowest BCUT2D eigenvalue weighted by Crippen LogP contribution is -2.14. The number of carbonyl (C=O) groups is 1. The lowest BCUT2D eigenvalue weighted by Gasteiger charge is -2.09. The molecule has 0 aliphatic carbocycles. The maximum Gasteiger partial charge on any atom is 0.266 e. The number of anilines is 1. The fraction of sp³-hybridized carbons (Fsp3) is 0.0909. The Hall–Kier alpha value is -3.72. The number of nitrogens with zero attached hydrogens (tertiary/aromatic N) is 2. The first kappa shape index (κ1) is 19.1. The van der Waals surface area contributed by atoms with Crippen LogP contribution in [-0.2, 0) is 4.79 Å². The van der Waals surface area contributed by atoms with Crippen LogP contribution in [-0.4, -0.2) is 10.5 Å². The molecule has 1 aromatic heterocycles. The zero-order valence-corrected chi connectivity index (χ0v) is 15.3. The van der Waals surface area contributed by atoms with E-state index in [-0.39, 0.29) is 11.3 Å². The Balaban J connectivity index is 1.93. The first-order valence-electron chi connectivity index (χ1n) is 8.53. The highest BCUT2D eigenvalue weighted by molar-refractivity contribution is 6.09. The average Bonchev–Trinajstić information content (AvgIpc) is 2.95. The highest BCUT2D eigenvalue weighted by Gasteiger charge is 2.15. The molecular weight excluding hydrogens is 360 g/mol. The smallest absolute Gasteiger partial charge is 0.266 e. The second kappa shape index (κ2) is 7.89. The van der Waals surface area contributed by atoms with Crippen molar-refractivity contribution in [3.8, 4) is 11.8 Å². The molecule has 0 fully saturated rings. The van der Waals surface area contributed by atoms with Gasteiger partial charge in [-0.3, -0.25) is 4.79 Å². The van der Waals surface area contributed by atoms with Gasteiger partial charge in [0.25, 0.3) is 5.91 Å². The van der Waals surface area contributed by atoms with Gasteiger partial charge in [-0.1, -0.05) is 18.2 Å². The molecule has 0 saturated carbocycles. The Kier molecular flexibility index (Phi) is 5.37. The first-order valence-corrected chi connectivity index (χ1v) is 8.53. The molecule has 1 heterocycles. The molecule has 3 aromatic rings. The third-order valence-electron chi connectivity index (χ3n) is 4.33. The summed E-state index contributed by atoms with van der Waals surface area (Å²) in [5, 5.41) is 11.7. The molecule has 4 nitrogen and oxygen atoms in total. The number of aromatic nitrogens is 1. The molecule has 0 aliphatic rings. The average molecular weight is 377 g/mol. The monoisotopic (exact) mass is 377 g/mol. The Morgan fingerprint density at radius 3 is 2.46 bits per heavy atom. The Bertz CT molecular complexity index is 1110. The number of hydrogen-bond acceptors (Lipinski definition) is 2. The van der Waals surface area contributed by atoms with Gasteiger partial charge in [0.15, 0.2) is 0 Å². The predicted octanol–water partition coefficient (Wildman–Crippen LogP) is 4.92. The van der Waals surface area contributed by atoms with E-state index in [4.69, 9.17) is 0 Å². The Morgan fingerprint density at radius 2 is 1.82 bits per heavy atom. The maximum atomic E-state index is 13.8. The second-order valence-electron chi connectivity index (χ2n) is 6.25. The minimum absolute atomic E-state index is 0.183. The molecule has 0 unspecified atom stereocenters. The molecular formula is C22H17F2N3O. The topological polar surface area (TPSA) is 57.8 Å².